The maximum absolute atomic E-state index is 12.9. The van der Waals surface area contributed by atoms with Crippen molar-refractivity contribution in [1.29, 1.82) is 0 Å². The van der Waals surface area contributed by atoms with Crippen LogP contribution in [0.3, 0.4) is 0 Å². The van der Waals surface area contributed by atoms with E-state index in [1.54, 1.807) is 31.3 Å². The summed E-state index contributed by atoms with van der Waals surface area (Å²) in [6.45, 7) is 0.601. The van der Waals surface area contributed by atoms with Crippen LogP contribution in [0.1, 0.15) is 15.9 Å². The Morgan fingerprint density at radius 2 is 1.90 bits per heavy atom. The van der Waals surface area contributed by atoms with Crippen molar-refractivity contribution in [3.8, 4) is 0 Å². The van der Waals surface area contributed by atoms with Gasteiger partial charge in [-0.05, 0) is 35.9 Å². The molecule has 0 heterocycles. The lowest BCUT2D eigenvalue weighted by Gasteiger charge is -2.21. The normalized spacial score (nSPS) is 10.2. The van der Waals surface area contributed by atoms with E-state index in [-0.39, 0.29) is 11.7 Å². The molecule has 0 radical (unpaired) electrons. The number of nitrogens with one attached hydrogen (secondary N) is 1. The molecule has 3 N–H and O–H groups in total. The molecule has 0 spiro atoms. The summed E-state index contributed by atoms with van der Waals surface area (Å²) in [6.07, 6.45) is 0. The maximum atomic E-state index is 12.9. The van der Waals surface area contributed by atoms with Crippen LogP contribution in [0.5, 0.6) is 0 Å². The first-order chi connectivity index (χ1) is 10.0. The Balaban J connectivity index is 2.17. The average Bonchev–Trinajstić information content (AvgIpc) is 2.48. The van der Waals surface area contributed by atoms with Crippen LogP contribution in [-0.2, 0) is 6.54 Å². The van der Waals surface area contributed by atoms with Gasteiger partial charge in [0.1, 0.15) is 5.82 Å². The van der Waals surface area contributed by atoms with Crippen molar-refractivity contribution in [2.24, 2.45) is 0 Å². The molecule has 0 aliphatic rings. The van der Waals surface area contributed by atoms with Gasteiger partial charge in [-0.3, -0.25) is 4.79 Å². The minimum atomic E-state index is -0.254. The smallest absolute Gasteiger partial charge is 0.251 e. The molecule has 0 aliphatic heterocycles. The van der Waals surface area contributed by atoms with Crippen molar-refractivity contribution in [2.75, 3.05) is 24.7 Å². The van der Waals surface area contributed by atoms with E-state index in [1.165, 1.54) is 12.1 Å². The van der Waals surface area contributed by atoms with Crippen molar-refractivity contribution in [3.63, 3.8) is 0 Å². The highest BCUT2D eigenvalue weighted by molar-refractivity contribution is 5.96. The van der Waals surface area contributed by atoms with Crippen molar-refractivity contribution in [2.45, 2.75) is 6.54 Å². The Morgan fingerprint density at radius 3 is 2.48 bits per heavy atom. The number of rotatable bonds is 4. The minimum Gasteiger partial charge on any atom is -0.397 e. The van der Waals surface area contributed by atoms with E-state index in [1.807, 2.05) is 18.0 Å². The van der Waals surface area contributed by atoms with E-state index in [0.717, 1.165) is 11.3 Å². The summed E-state index contributed by atoms with van der Waals surface area (Å²) in [4.78, 5) is 13.5. The van der Waals surface area contributed by atoms with E-state index < -0.39 is 0 Å². The molecular weight excluding hydrogens is 269 g/mol. The number of halogens is 1. The lowest BCUT2D eigenvalue weighted by atomic mass is 10.1. The van der Waals surface area contributed by atoms with Gasteiger partial charge in [-0.1, -0.05) is 12.1 Å². The monoisotopic (exact) mass is 287 g/mol. The zero-order chi connectivity index (χ0) is 15.4. The lowest BCUT2D eigenvalue weighted by Crippen LogP contribution is -2.20. The Hall–Kier alpha value is -2.56. The number of hydrogen-bond donors (Lipinski definition) is 2. The zero-order valence-corrected chi connectivity index (χ0v) is 12.1. The van der Waals surface area contributed by atoms with Gasteiger partial charge in [0.05, 0.1) is 11.4 Å². The van der Waals surface area contributed by atoms with Crippen LogP contribution in [0.4, 0.5) is 15.8 Å². The largest absolute Gasteiger partial charge is 0.397 e. The second-order valence-corrected chi connectivity index (χ2v) is 4.84. The molecule has 0 fully saturated rings. The Morgan fingerprint density at radius 1 is 1.24 bits per heavy atom. The molecule has 2 aromatic carbocycles. The van der Waals surface area contributed by atoms with Crippen molar-refractivity contribution < 1.29 is 9.18 Å². The number of hydrogen-bond acceptors (Lipinski definition) is 3. The van der Waals surface area contributed by atoms with Crippen molar-refractivity contribution >= 4 is 17.3 Å². The number of benzene rings is 2. The van der Waals surface area contributed by atoms with Crippen molar-refractivity contribution in [3.05, 3.63) is 59.4 Å². The van der Waals surface area contributed by atoms with Crippen LogP contribution in [-0.4, -0.2) is 20.0 Å². The lowest BCUT2D eigenvalue weighted by molar-refractivity contribution is 0.0963. The van der Waals surface area contributed by atoms with Crippen LogP contribution in [0, 0.1) is 5.82 Å². The molecular formula is C16H18FN3O. The first-order valence-electron chi connectivity index (χ1n) is 6.58. The second-order valence-electron chi connectivity index (χ2n) is 4.84. The van der Waals surface area contributed by atoms with Crippen LogP contribution in [0.15, 0.2) is 42.5 Å². The maximum Gasteiger partial charge on any atom is 0.251 e. The van der Waals surface area contributed by atoms with Gasteiger partial charge in [0, 0.05) is 26.2 Å². The molecule has 5 heteroatoms. The predicted molar refractivity (Wildman–Crippen MR) is 82.8 cm³/mol. The molecule has 0 saturated carbocycles. The predicted octanol–water partition coefficient (Wildman–Crippen LogP) is 2.40. The molecule has 0 unspecified atom stereocenters. The fourth-order valence-electron chi connectivity index (χ4n) is 2.14. The topological polar surface area (TPSA) is 58.4 Å². The minimum absolute atomic E-state index is 0.172. The molecule has 21 heavy (non-hydrogen) atoms. The number of nitrogens with zero attached hydrogens (tertiary/aromatic N) is 1. The Kier molecular flexibility index (Phi) is 4.42. The molecule has 0 saturated heterocycles. The van der Waals surface area contributed by atoms with Gasteiger partial charge in [0.2, 0.25) is 0 Å². The first-order valence-corrected chi connectivity index (χ1v) is 6.58. The molecule has 0 aromatic heterocycles. The standard InChI is InChI=1S/C16H18FN3O/c1-19-16(21)12-5-8-15(14(18)9-12)20(2)10-11-3-6-13(17)7-4-11/h3-9H,10,18H2,1-2H3,(H,19,21). The summed E-state index contributed by atoms with van der Waals surface area (Å²) in [5.74, 6) is -0.426. The molecule has 0 aliphatic carbocycles. The number of nitrogens with two attached hydrogens (primary N) is 1. The molecule has 1 amide bonds. The fourth-order valence-corrected chi connectivity index (χ4v) is 2.14. The van der Waals surface area contributed by atoms with Crippen LogP contribution in [0.2, 0.25) is 0 Å². The summed E-state index contributed by atoms with van der Waals surface area (Å²) < 4.78 is 12.9. The first kappa shape index (κ1) is 14.8. The Bertz CT molecular complexity index is 640. The van der Waals surface area contributed by atoms with Gasteiger partial charge in [-0.15, -0.1) is 0 Å². The third-order valence-electron chi connectivity index (χ3n) is 3.26. The van der Waals surface area contributed by atoms with Gasteiger partial charge in [0.25, 0.3) is 5.91 Å². The Labute approximate surface area is 123 Å². The van der Waals surface area contributed by atoms with E-state index >= 15 is 0 Å². The van der Waals surface area contributed by atoms with Crippen LogP contribution >= 0.6 is 0 Å². The van der Waals surface area contributed by atoms with E-state index in [0.29, 0.717) is 17.8 Å². The fraction of sp³-hybridized carbons (Fsp3) is 0.188. The summed E-state index contributed by atoms with van der Waals surface area (Å²) in [5.41, 5.74) is 8.87. The molecule has 0 atom stereocenters. The van der Waals surface area contributed by atoms with Crippen molar-refractivity contribution in [1.82, 2.24) is 5.32 Å². The number of carbonyl (C=O) groups is 1. The number of carbonyl (C=O) groups excluding carboxylic acids is 1. The third-order valence-corrected chi connectivity index (χ3v) is 3.26. The van der Waals surface area contributed by atoms with E-state index in [9.17, 15) is 9.18 Å². The van der Waals surface area contributed by atoms with Gasteiger partial charge >= 0.3 is 0 Å². The zero-order valence-electron chi connectivity index (χ0n) is 12.1. The average molecular weight is 287 g/mol. The van der Waals surface area contributed by atoms with Gasteiger partial charge < -0.3 is 16.0 Å². The summed E-state index contributed by atoms with van der Waals surface area (Å²) in [7, 11) is 3.47. The highest BCUT2D eigenvalue weighted by Gasteiger charge is 2.10. The quantitative estimate of drug-likeness (QED) is 0.849. The van der Waals surface area contributed by atoms with Crippen LogP contribution < -0.4 is 16.0 Å². The van der Waals surface area contributed by atoms with Gasteiger partial charge in [-0.2, -0.15) is 0 Å². The van der Waals surface area contributed by atoms with Gasteiger partial charge in [-0.25, -0.2) is 4.39 Å². The highest BCUT2D eigenvalue weighted by atomic mass is 19.1. The van der Waals surface area contributed by atoms with Crippen LogP contribution in [0.25, 0.3) is 0 Å². The third kappa shape index (κ3) is 3.51. The van der Waals surface area contributed by atoms with E-state index in [2.05, 4.69) is 5.32 Å². The SMILES string of the molecule is CNC(=O)c1ccc(N(C)Cc2ccc(F)cc2)c(N)c1. The molecule has 2 rings (SSSR count). The summed E-state index contributed by atoms with van der Waals surface area (Å²) >= 11 is 0. The number of nitrogen functional groups attached to an aromatic ring is 1. The summed E-state index contributed by atoms with van der Waals surface area (Å²) in [6, 6.07) is 11.5. The molecule has 0 bridgehead atoms. The molecule has 110 valence electrons. The van der Waals surface area contributed by atoms with E-state index in [4.69, 9.17) is 5.73 Å². The second kappa shape index (κ2) is 6.26. The highest BCUT2D eigenvalue weighted by Crippen LogP contribution is 2.24. The number of anilines is 2. The molecule has 2 aromatic rings. The molecule has 4 nitrogen and oxygen atoms in total. The number of amides is 1. The van der Waals surface area contributed by atoms with Gasteiger partial charge in [0.15, 0.2) is 0 Å². The summed E-state index contributed by atoms with van der Waals surface area (Å²) in [5, 5.41) is 2.56.